The van der Waals surface area contributed by atoms with Crippen LogP contribution in [0.2, 0.25) is 0 Å². The molecule has 0 unspecified atom stereocenters. The average molecular weight is 166 g/mol. The van der Waals surface area contributed by atoms with Gasteiger partial charge in [0.1, 0.15) is 5.60 Å². The van der Waals surface area contributed by atoms with Crippen LogP contribution in [-0.4, -0.2) is 18.5 Å². The van der Waals surface area contributed by atoms with E-state index in [9.17, 15) is 4.79 Å². The number of terminal acetylenes is 1. The molecule has 0 aromatic heterocycles. The van der Waals surface area contributed by atoms with Gasteiger partial charge in [-0.3, -0.25) is 4.79 Å². The number of methoxy groups -OCH3 is 1. The molecule has 2 nitrogen and oxygen atoms in total. The summed E-state index contributed by atoms with van der Waals surface area (Å²) in [7, 11) is 1.60. The van der Waals surface area contributed by atoms with E-state index < -0.39 is 5.60 Å². The van der Waals surface area contributed by atoms with Crippen molar-refractivity contribution in [2.24, 2.45) is 0 Å². The minimum atomic E-state index is -0.461. The van der Waals surface area contributed by atoms with Crippen LogP contribution in [0.5, 0.6) is 0 Å². The zero-order valence-corrected chi connectivity index (χ0v) is 7.43. The molecule has 1 rings (SSSR count). The second kappa shape index (κ2) is 3.73. The molecule has 0 heterocycles. The lowest BCUT2D eigenvalue weighted by Gasteiger charge is -2.38. The first-order valence-electron chi connectivity index (χ1n) is 4.27. The Morgan fingerprint density at radius 3 is 2.67 bits per heavy atom. The van der Waals surface area contributed by atoms with Crippen LogP contribution in [0, 0.1) is 12.3 Å². The van der Waals surface area contributed by atoms with Crippen LogP contribution < -0.4 is 0 Å². The maximum atomic E-state index is 11.5. The molecule has 0 aromatic carbocycles. The van der Waals surface area contributed by atoms with Gasteiger partial charge in [0.15, 0.2) is 5.78 Å². The molecule has 0 saturated heterocycles. The van der Waals surface area contributed by atoms with Crippen LogP contribution >= 0.6 is 0 Å². The lowest BCUT2D eigenvalue weighted by Crippen LogP contribution is -2.46. The monoisotopic (exact) mass is 166 g/mol. The van der Waals surface area contributed by atoms with Gasteiger partial charge in [-0.15, -0.1) is 12.3 Å². The fraction of sp³-hybridized carbons (Fsp3) is 0.700. The minimum Gasteiger partial charge on any atom is -0.370 e. The van der Waals surface area contributed by atoms with Gasteiger partial charge >= 0.3 is 0 Å². The topological polar surface area (TPSA) is 26.3 Å². The molecule has 2 heteroatoms. The number of Topliss-reactive ketones (excluding diaryl/α,β-unsaturated/α-hetero) is 1. The lowest BCUT2D eigenvalue weighted by atomic mass is 9.75. The summed E-state index contributed by atoms with van der Waals surface area (Å²) < 4.78 is 5.21. The Morgan fingerprint density at radius 1 is 1.67 bits per heavy atom. The fourth-order valence-electron chi connectivity index (χ4n) is 1.51. The molecular weight excluding hydrogens is 152 g/mol. The zero-order chi connectivity index (χ0) is 9.03. The number of carbonyl (C=O) groups is 1. The minimum absolute atomic E-state index is 0.175. The maximum absolute atomic E-state index is 11.5. The molecule has 0 spiro atoms. The maximum Gasteiger partial charge on any atom is 0.165 e. The quantitative estimate of drug-likeness (QED) is 0.592. The van der Waals surface area contributed by atoms with Gasteiger partial charge in [-0.05, 0) is 19.3 Å². The molecule has 1 saturated carbocycles. The van der Waals surface area contributed by atoms with E-state index in [1.807, 2.05) is 0 Å². The summed E-state index contributed by atoms with van der Waals surface area (Å²) >= 11 is 0. The first-order valence-corrected chi connectivity index (χ1v) is 4.27. The number of carbonyl (C=O) groups excluding carboxylic acids is 1. The summed E-state index contributed by atoms with van der Waals surface area (Å²) in [4.78, 5) is 11.5. The Balaban J connectivity index is 2.44. The molecule has 1 aliphatic carbocycles. The van der Waals surface area contributed by atoms with Crippen LogP contribution in [-0.2, 0) is 9.53 Å². The lowest BCUT2D eigenvalue weighted by molar-refractivity contribution is -0.151. The molecule has 0 aliphatic heterocycles. The van der Waals surface area contributed by atoms with Gasteiger partial charge in [0.25, 0.3) is 0 Å². The normalized spacial score (nSPS) is 19.3. The van der Waals surface area contributed by atoms with Gasteiger partial charge in [-0.25, -0.2) is 0 Å². The van der Waals surface area contributed by atoms with E-state index in [2.05, 4.69) is 5.92 Å². The summed E-state index contributed by atoms with van der Waals surface area (Å²) in [5.41, 5.74) is -0.461. The highest BCUT2D eigenvalue weighted by Gasteiger charge is 2.43. The van der Waals surface area contributed by atoms with Gasteiger partial charge in [0.05, 0.1) is 0 Å². The standard InChI is InChI=1S/C10H14O2/c1-3-4-6-9(11)10(12-2)7-5-8-10/h1H,4-8H2,2H3. The Bertz CT molecular complexity index is 203. The molecule has 66 valence electrons. The Kier molecular flexibility index (Phi) is 2.88. The highest BCUT2D eigenvalue weighted by molar-refractivity contribution is 5.88. The molecule has 1 aliphatic rings. The van der Waals surface area contributed by atoms with Crippen LogP contribution in [0.15, 0.2) is 0 Å². The Morgan fingerprint density at radius 2 is 2.33 bits per heavy atom. The number of ketones is 1. The van der Waals surface area contributed by atoms with E-state index in [-0.39, 0.29) is 5.78 Å². The number of hydrogen-bond donors (Lipinski definition) is 0. The average Bonchev–Trinajstić information content (AvgIpc) is 2.00. The van der Waals surface area contributed by atoms with Crippen molar-refractivity contribution in [1.82, 2.24) is 0 Å². The second-order valence-electron chi connectivity index (χ2n) is 3.18. The summed E-state index contributed by atoms with van der Waals surface area (Å²) in [6.07, 6.45) is 8.90. The van der Waals surface area contributed by atoms with Crippen molar-refractivity contribution < 1.29 is 9.53 Å². The van der Waals surface area contributed by atoms with Crippen molar-refractivity contribution in [1.29, 1.82) is 0 Å². The Hall–Kier alpha value is -0.810. The third-order valence-corrected chi connectivity index (χ3v) is 2.56. The molecule has 0 aromatic rings. The predicted octanol–water partition coefficient (Wildman–Crippen LogP) is 1.54. The Labute approximate surface area is 73.3 Å². The van der Waals surface area contributed by atoms with E-state index in [1.165, 1.54) is 0 Å². The summed E-state index contributed by atoms with van der Waals surface area (Å²) in [6.45, 7) is 0. The number of ether oxygens (including phenoxy) is 1. The van der Waals surface area contributed by atoms with E-state index in [4.69, 9.17) is 11.2 Å². The molecular formula is C10H14O2. The summed E-state index contributed by atoms with van der Waals surface area (Å²) in [6, 6.07) is 0. The van der Waals surface area contributed by atoms with Crippen LogP contribution in [0.4, 0.5) is 0 Å². The predicted molar refractivity (Wildman–Crippen MR) is 46.7 cm³/mol. The molecule has 0 radical (unpaired) electrons. The van der Waals surface area contributed by atoms with E-state index >= 15 is 0 Å². The number of rotatable bonds is 4. The first-order chi connectivity index (χ1) is 5.75. The molecule has 12 heavy (non-hydrogen) atoms. The third-order valence-electron chi connectivity index (χ3n) is 2.56. The molecule has 0 amide bonds. The molecule has 0 bridgehead atoms. The highest BCUT2D eigenvalue weighted by Crippen LogP contribution is 2.36. The summed E-state index contributed by atoms with van der Waals surface area (Å²) in [5.74, 6) is 2.64. The third kappa shape index (κ3) is 1.51. The van der Waals surface area contributed by atoms with Gasteiger partial charge in [0.2, 0.25) is 0 Å². The molecule has 0 atom stereocenters. The highest BCUT2D eigenvalue weighted by atomic mass is 16.5. The van der Waals surface area contributed by atoms with Crippen molar-refractivity contribution >= 4 is 5.78 Å². The van der Waals surface area contributed by atoms with Crippen LogP contribution in [0.25, 0.3) is 0 Å². The van der Waals surface area contributed by atoms with Gasteiger partial charge < -0.3 is 4.74 Å². The SMILES string of the molecule is C#CCCC(=O)C1(OC)CCC1. The van der Waals surface area contributed by atoms with Gasteiger partial charge in [-0.2, -0.15) is 0 Å². The van der Waals surface area contributed by atoms with Crippen molar-refractivity contribution in [3.8, 4) is 12.3 Å². The van der Waals surface area contributed by atoms with E-state index in [0.717, 1.165) is 19.3 Å². The van der Waals surface area contributed by atoms with Crippen molar-refractivity contribution in [3.05, 3.63) is 0 Å². The van der Waals surface area contributed by atoms with Crippen molar-refractivity contribution in [2.45, 2.75) is 37.7 Å². The van der Waals surface area contributed by atoms with Crippen molar-refractivity contribution in [2.75, 3.05) is 7.11 Å². The van der Waals surface area contributed by atoms with Crippen molar-refractivity contribution in [3.63, 3.8) is 0 Å². The smallest absolute Gasteiger partial charge is 0.165 e. The van der Waals surface area contributed by atoms with Crippen LogP contribution in [0.3, 0.4) is 0 Å². The zero-order valence-electron chi connectivity index (χ0n) is 7.43. The molecule has 1 fully saturated rings. The largest absolute Gasteiger partial charge is 0.370 e. The van der Waals surface area contributed by atoms with E-state index in [1.54, 1.807) is 7.11 Å². The second-order valence-corrected chi connectivity index (χ2v) is 3.18. The summed E-state index contributed by atoms with van der Waals surface area (Å²) in [5, 5.41) is 0. The first kappa shape index (κ1) is 9.28. The fourth-order valence-corrected chi connectivity index (χ4v) is 1.51. The van der Waals surface area contributed by atoms with Gasteiger partial charge in [-0.1, -0.05) is 0 Å². The van der Waals surface area contributed by atoms with Gasteiger partial charge in [0, 0.05) is 20.0 Å². The van der Waals surface area contributed by atoms with Crippen LogP contribution in [0.1, 0.15) is 32.1 Å². The van der Waals surface area contributed by atoms with E-state index in [0.29, 0.717) is 12.8 Å². The molecule has 0 N–H and O–H groups in total. The number of hydrogen-bond acceptors (Lipinski definition) is 2.